The summed E-state index contributed by atoms with van der Waals surface area (Å²) in [6.07, 6.45) is 20.9. The van der Waals surface area contributed by atoms with E-state index in [2.05, 4.69) is 13.8 Å². The predicted octanol–water partition coefficient (Wildman–Crippen LogP) is 7.04. The van der Waals surface area contributed by atoms with Crippen LogP contribution in [-0.4, -0.2) is 12.1 Å². The third-order valence-corrected chi connectivity index (χ3v) is 4.97. The first-order valence-corrected chi connectivity index (χ1v) is 10.7. The third-order valence-electron chi connectivity index (χ3n) is 4.97. The van der Waals surface area contributed by atoms with E-state index in [4.69, 9.17) is 0 Å². The van der Waals surface area contributed by atoms with Gasteiger partial charge in [-0.2, -0.15) is 0 Å². The summed E-state index contributed by atoms with van der Waals surface area (Å²) < 4.78 is 0. The van der Waals surface area contributed by atoms with Crippen LogP contribution < -0.4 is 0 Å². The monoisotopic (exact) mass is 338 g/mol. The van der Waals surface area contributed by atoms with Crippen molar-refractivity contribution in [3.05, 3.63) is 0 Å². The average molecular weight is 339 g/mol. The van der Waals surface area contributed by atoms with Crippen LogP contribution in [0.15, 0.2) is 0 Å². The van der Waals surface area contributed by atoms with Crippen LogP contribution in [0.2, 0.25) is 0 Å². The number of carbonyl (C=O) groups is 2. The molecule has 0 aliphatic rings. The average Bonchev–Trinajstić information content (AvgIpc) is 2.59. The molecule has 1 unspecified atom stereocenters. The highest BCUT2D eigenvalue weighted by Crippen LogP contribution is 2.16. The first-order chi connectivity index (χ1) is 11.8. The number of ketones is 1. The maximum Gasteiger partial charge on any atom is 0.143 e. The molecule has 0 amide bonds. The fourth-order valence-electron chi connectivity index (χ4n) is 3.24. The summed E-state index contributed by atoms with van der Waals surface area (Å²) in [6.45, 7) is 4.46. The lowest BCUT2D eigenvalue weighted by Gasteiger charge is -2.09. The number of unbranched alkanes of at least 4 members (excludes halogenated alkanes) is 13. The molecule has 0 aromatic carbocycles. The zero-order valence-electron chi connectivity index (χ0n) is 16.5. The highest BCUT2D eigenvalue weighted by molar-refractivity contribution is 5.93. The van der Waals surface area contributed by atoms with Gasteiger partial charge in [0.2, 0.25) is 0 Å². The van der Waals surface area contributed by atoms with Gasteiger partial charge in [0.1, 0.15) is 12.1 Å². The van der Waals surface area contributed by atoms with Gasteiger partial charge in [0.15, 0.2) is 0 Å². The van der Waals surface area contributed by atoms with E-state index in [1.807, 2.05) is 0 Å². The molecule has 2 nitrogen and oxygen atoms in total. The van der Waals surface area contributed by atoms with Crippen LogP contribution in [0.5, 0.6) is 0 Å². The number of carbonyl (C=O) groups excluding carboxylic acids is 2. The molecule has 0 aliphatic heterocycles. The van der Waals surface area contributed by atoms with E-state index in [0.29, 0.717) is 6.42 Å². The second-order valence-electron chi connectivity index (χ2n) is 7.34. The van der Waals surface area contributed by atoms with E-state index in [1.54, 1.807) is 0 Å². The molecule has 0 fully saturated rings. The highest BCUT2D eigenvalue weighted by Gasteiger charge is 2.16. The largest absolute Gasteiger partial charge is 0.303 e. The number of hydrogen-bond donors (Lipinski definition) is 0. The Kier molecular flexibility index (Phi) is 18.2. The summed E-state index contributed by atoms with van der Waals surface area (Å²) in [5, 5.41) is 0. The fraction of sp³-hybridized carbons (Fsp3) is 0.909. The van der Waals surface area contributed by atoms with Crippen LogP contribution in [0.25, 0.3) is 0 Å². The van der Waals surface area contributed by atoms with Gasteiger partial charge in [0.25, 0.3) is 0 Å². The number of aldehydes is 1. The Balaban J connectivity index is 3.52. The van der Waals surface area contributed by atoms with Gasteiger partial charge in [-0.25, -0.2) is 0 Å². The molecule has 0 spiro atoms. The lowest BCUT2D eigenvalue weighted by atomic mass is 9.94. The van der Waals surface area contributed by atoms with Crippen molar-refractivity contribution >= 4 is 12.1 Å². The summed E-state index contributed by atoms with van der Waals surface area (Å²) in [4.78, 5) is 23.3. The van der Waals surface area contributed by atoms with Gasteiger partial charge in [0.05, 0.1) is 5.92 Å². The second-order valence-corrected chi connectivity index (χ2v) is 7.34. The topological polar surface area (TPSA) is 34.1 Å². The number of hydrogen-bond acceptors (Lipinski definition) is 2. The summed E-state index contributed by atoms with van der Waals surface area (Å²) in [5.41, 5.74) is 0. The number of rotatable bonds is 19. The van der Waals surface area contributed by atoms with Crippen LogP contribution in [0.3, 0.4) is 0 Å². The molecule has 0 aromatic heterocycles. The molecule has 0 bridgehead atoms. The first kappa shape index (κ1) is 23.3. The zero-order valence-corrected chi connectivity index (χ0v) is 16.5. The minimum absolute atomic E-state index is 0.182. The van der Waals surface area contributed by atoms with Crippen LogP contribution in [0.1, 0.15) is 123 Å². The van der Waals surface area contributed by atoms with Gasteiger partial charge in [-0.1, -0.05) is 104 Å². The van der Waals surface area contributed by atoms with E-state index < -0.39 is 0 Å². The van der Waals surface area contributed by atoms with Crippen molar-refractivity contribution in [1.29, 1.82) is 0 Å². The molecule has 1 atom stereocenters. The first-order valence-electron chi connectivity index (χ1n) is 10.7. The molecular formula is C22H42O2. The molecule has 0 N–H and O–H groups in total. The van der Waals surface area contributed by atoms with Gasteiger partial charge < -0.3 is 4.79 Å². The molecular weight excluding hydrogens is 296 g/mol. The van der Waals surface area contributed by atoms with Gasteiger partial charge >= 0.3 is 0 Å². The van der Waals surface area contributed by atoms with Crippen LogP contribution in [0, 0.1) is 5.92 Å². The van der Waals surface area contributed by atoms with Crippen LogP contribution in [0.4, 0.5) is 0 Å². The van der Waals surface area contributed by atoms with Crippen LogP contribution >= 0.6 is 0 Å². The summed E-state index contributed by atoms with van der Waals surface area (Å²) in [7, 11) is 0. The summed E-state index contributed by atoms with van der Waals surface area (Å²) in [5.74, 6) is -0.147. The Morgan fingerprint density at radius 1 is 0.667 bits per heavy atom. The molecule has 2 heteroatoms. The molecule has 0 rings (SSSR count). The van der Waals surface area contributed by atoms with E-state index in [-0.39, 0.29) is 11.7 Å². The quantitative estimate of drug-likeness (QED) is 0.144. The lowest BCUT2D eigenvalue weighted by molar-refractivity contribution is -0.127. The van der Waals surface area contributed by atoms with Crippen molar-refractivity contribution in [3.8, 4) is 0 Å². The molecule has 0 saturated carbocycles. The molecule has 142 valence electrons. The normalized spacial score (nSPS) is 12.2. The Hall–Kier alpha value is -0.660. The smallest absolute Gasteiger partial charge is 0.143 e. The van der Waals surface area contributed by atoms with Crippen LogP contribution in [-0.2, 0) is 9.59 Å². The molecule has 24 heavy (non-hydrogen) atoms. The Labute approximate surface area is 151 Å². The van der Waals surface area contributed by atoms with E-state index in [1.165, 1.54) is 70.6 Å². The summed E-state index contributed by atoms with van der Waals surface area (Å²) >= 11 is 0. The molecule has 0 aliphatic carbocycles. The SMILES string of the molecule is CCCCCCCCCCCC(=O)C(C=O)CCCCCCCC. The molecule has 0 radical (unpaired) electrons. The van der Waals surface area contributed by atoms with E-state index in [0.717, 1.165) is 38.4 Å². The predicted molar refractivity (Wildman–Crippen MR) is 104 cm³/mol. The summed E-state index contributed by atoms with van der Waals surface area (Å²) in [6, 6.07) is 0. The van der Waals surface area contributed by atoms with Crippen molar-refractivity contribution in [2.45, 2.75) is 123 Å². The third kappa shape index (κ3) is 14.9. The highest BCUT2D eigenvalue weighted by atomic mass is 16.1. The van der Waals surface area contributed by atoms with Gasteiger partial charge in [-0.3, -0.25) is 4.79 Å². The van der Waals surface area contributed by atoms with Gasteiger partial charge in [0, 0.05) is 6.42 Å². The fourth-order valence-corrected chi connectivity index (χ4v) is 3.24. The van der Waals surface area contributed by atoms with Gasteiger partial charge in [-0.05, 0) is 12.8 Å². The Bertz CT molecular complexity index is 286. The maximum atomic E-state index is 12.1. The minimum Gasteiger partial charge on any atom is -0.303 e. The molecule has 0 aromatic rings. The van der Waals surface area contributed by atoms with Crippen molar-refractivity contribution in [2.75, 3.05) is 0 Å². The zero-order chi connectivity index (χ0) is 17.9. The van der Waals surface area contributed by atoms with Crippen molar-refractivity contribution in [1.82, 2.24) is 0 Å². The van der Waals surface area contributed by atoms with Crippen molar-refractivity contribution < 1.29 is 9.59 Å². The number of Topliss-reactive ketones (excluding diaryl/α,β-unsaturated/α-hetero) is 1. The van der Waals surface area contributed by atoms with E-state index in [9.17, 15) is 9.59 Å². The molecule has 0 heterocycles. The van der Waals surface area contributed by atoms with Crippen molar-refractivity contribution in [2.24, 2.45) is 5.92 Å². The minimum atomic E-state index is -0.329. The Morgan fingerprint density at radius 3 is 1.54 bits per heavy atom. The standard InChI is InChI=1S/C22H42O2/c1-3-5-7-9-11-12-13-15-17-19-22(24)21(20-23)18-16-14-10-8-6-4-2/h20-21H,3-19H2,1-2H3. The lowest BCUT2D eigenvalue weighted by Crippen LogP contribution is -2.15. The Morgan fingerprint density at radius 2 is 1.08 bits per heavy atom. The maximum absolute atomic E-state index is 12.1. The molecule has 0 saturated heterocycles. The second kappa shape index (κ2) is 18.7. The van der Waals surface area contributed by atoms with E-state index >= 15 is 0 Å². The van der Waals surface area contributed by atoms with Crippen molar-refractivity contribution in [3.63, 3.8) is 0 Å². The van der Waals surface area contributed by atoms with Gasteiger partial charge in [-0.15, -0.1) is 0 Å².